The third-order valence-corrected chi connectivity index (χ3v) is 5.48. The summed E-state index contributed by atoms with van der Waals surface area (Å²) in [6.45, 7) is 2.43. The van der Waals surface area contributed by atoms with Gasteiger partial charge in [0.15, 0.2) is 5.78 Å². The summed E-state index contributed by atoms with van der Waals surface area (Å²) in [4.78, 5) is 50.0. The Labute approximate surface area is 180 Å². The molecule has 1 aromatic rings. The zero-order valence-electron chi connectivity index (χ0n) is 17.4. The summed E-state index contributed by atoms with van der Waals surface area (Å²) >= 11 is 6.35. The Morgan fingerprint density at radius 3 is 2.53 bits per heavy atom. The Morgan fingerprint density at radius 1 is 1.20 bits per heavy atom. The molecular formula is C21H27ClN2O6. The molecule has 1 aliphatic rings. The molecule has 30 heavy (non-hydrogen) atoms. The van der Waals surface area contributed by atoms with Gasteiger partial charge in [-0.1, -0.05) is 43.6 Å². The minimum atomic E-state index is -1.23. The van der Waals surface area contributed by atoms with Crippen LogP contribution in [0.15, 0.2) is 24.3 Å². The van der Waals surface area contributed by atoms with Crippen LogP contribution in [-0.4, -0.2) is 49.0 Å². The van der Waals surface area contributed by atoms with Crippen LogP contribution < -0.4 is 5.32 Å². The van der Waals surface area contributed by atoms with Crippen LogP contribution in [0, 0.1) is 5.92 Å². The van der Waals surface area contributed by atoms with Crippen LogP contribution in [-0.2, 0) is 29.4 Å². The molecule has 0 heterocycles. The van der Waals surface area contributed by atoms with Crippen molar-refractivity contribution < 1.29 is 28.7 Å². The van der Waals surface area contributed by atoms with Gasteiger partial charge in [0.1, 0.15) is 12.1 Å². The van der Waals surface area contributed by atoms with Gasteiger partial charge < -0.3 is 14.8 Å². The largest absolute Gasteiger partial charge is 0.426 e. The predicted molar refractivity (Wildman–Crippen MR) is 110 cm³/mol. The molecule has 9 heteroatoms. The zero-order valence-corrected chi connectivity index (χ0v) is 18.2. The van der Waals surface area contributed by atoms with E-state index in [4.69, 9.17) is 21.1 Å². The number of rotatable bonds is 7. The molecule has 2 amide bonds. The van der Waals surface area contributed by atoms with E-state index in [1.807, 2.05) is 0 Å². The summed E-state index contributed by atoms with van der Waals surface area (Å²) in [5.74, 6) is -1.41. The van der Waals surface area contributed by atoms with E-state index in [1.165, 1.54) is 11.9 Å². The molecule has 0 aliphatic heterocycles. The standard InChI is InChI=1S/C21H27ClN2O6/c1-14(2)19(27)23-12-18(26)29-13-30-20(28)24(3)21(11-7-6-10-17(21)25)15-8-4-5-9-16(15)22/h4-5,8-9,14H,6-7,10-13H2,1-3H3,(H,23,27)/t21-/m0/s1. The second-order valence-corrected chi connectivity index (χ2v) is 7.85. The first kappa shape index (κ1) is 23.7. The molecule has 1 aromatic carbocycles. The first-order valence-corrected chi connectivity index (χ1v) is 10.2. The first-order valence-electron chi connectivity index (χ1n) is 9.82. The molecule has 0 bridgehead atoms. The molecule has 164 valence electrons. The number of benzene rings is 1. The van der Waals surface area contributed by atoms with E-state index < -0.39 is 24.4 Å². The topological polar surface area (TPSA) is 102 Å². The molecule has 1 saturated carbocycles. The normalized spacial score (nSPS) is 18.6. The van der Waals surface area contributed by atoms with E-state index in [9.17, 15) is 19.2 Å². The van der Waals surface area contributed by atoms with Crippen molar-refractivity contribution in [3.8, 4) is 0 Å². The second kappa shape index (κ2) is 10.4. The Balaban J connectivity index is 2.03. The van der Waals surface area contributed by atoms with Gasteiger partial charge in [0.25, 0.3) is 0 Å². The maximum atomic E-state index is 13.0. The molecule has 0 aromatic heterocycles. The number of Topliss-reactive ketones (excluding diaryl/α,β-unsaturated/α-hetero) is 1. The number of hydrogen-bond acceptors (Lipinski definition) is 6. The lowest BCUT2D eigenvalue weighted by atomic mass is 9.74. The predicted octanol–water partition coefficient (Wildman–Crippen LogP) is 3.02. The van der Waals surface area contributed by atoms with Crippen molar-refractivity contribution in [1.29, 1.82) is 0 Å². The number of likely N-dealkylation sites (N-methyl/N-ethyl adjacent to an activating group) is 1. The van der Waals surface area contributed by atoms with E-state index >= 15 is 0 Å². The average Bonchev–Trinajstić information content (AvgIpc) is 2.72. The number of amides is 2. The van der Waals surface area contributed by atoms with Crippen molar-refractivity contribution in [2.45, 2.75) is 45.1 Å². The second-order valence-electron chi connectivity index (χ2n) is 7.45. The van der Waals surface area contributed by atoms with E-state index in [2.05, 4.69) is 5.32 Å². The third-order valence-electron chi connectivity index (χ3n) is 5.15. The summed E-state index contributed by atoms with van der Waals surface area (Å²) < 4.78 is 9.89. The summed E-state index contributed by atoms with van der Waals surface area (Å²) in [6, 6.07) is 6.92. The highest BCUT2D eigenvalue weighted by molar-refractivity contribution is 6.31. The minimum Gasteiger partial charge on any atom is -0.426 e. The van der Waals surface area contributed by atoms with Crippen LogP contribution in [0.5, 0.6) is 0 Å². The summed E-state index contributed by atoms with van der Waals surface area (Å²) in [5, 5.41) is 2.80. The number of halogens is 1. The molecule has 0 spiro atoms. The quantitative estimate of drug-likeness (QED) is 0.518. The molecular weight excluding hydrogens is 412 g/mol. The number of ether oxygens (including phenoxy) is 2. The van der Waals surface area contributed by atoms with Gasteiger partial charge in [-0.15, -0.1) is 0 Å². The van der Waals surface area contributed by atoms with Gasteiger partial charge in [0, 0.05) is 30.0 Å². The number of esters is 1. The van der Waals surface area contributed by atoms with Crippen molar-refractivity contribution in [1.82, 2.24) is 10.2 Å². The Bertz CT molecular complexity index is 812. The number of carbonyl (C=O) groups excluding carboxylic acids is 4. The van der Waals surface area contributed by atoms with Crippen LogP contribution >= 0.6 is 11.6 Å². The summed E-state index contributed by atoms with van der Waals surface area (Å²) in [5.41, 5.74) is -0.688. The smallest absolute Gasteiger partial charge is 0.413 e. The first-order chi connectivity index (χ1) is 14.2. The molecule has 0 unspecified atom stereocenters. The Morgan fingerprint density at radius 2 is 1.90 bits per heavy atom. The molecule has 0 saturated heterocycles. The lowest BCUT2D eigenvalue weighted by Crippen LogP contribution is -2.54. The number of carbonyl (C=O) groups is 4. The Hall–Kier alpha value is -2.61. The molecule has 1 N–H and O–H groups in total. The van der Waals surface area contributed by atoms with Gasteiger partial charge in [-0.25, -0.2) is 4.79 Å². The van der Waals surface area contributed by atoms with Crippen LogP contribution in [0.4, 0.5) is 4.79 Å². The fourth-order valence-electron chi connectivity index (χ4n) is 3.44. The number of ketones is 1. The molecule has 1 fully saturated rings. The van der Waals surface area contributed by atoms with Crippen LogP contribution in [0.3, 0.4) is 0 Å². The van der Waals surface area contributed by atoms with Gasteiger partial charge in [0.2, 0.25) is 12.7 Å². The highest BCUT2D eigenvalue weighted by Gasteiger charge is 2.48. The molecule has 2 rings (SSSR count). The van der Waals surface area contributed by atoms with Gasteiger partial charge in [-0.05, 0) is 25.3 Å². The number of hydrogen-bond donors (Lipinski definition) is 1. The van der Waals surface area contributed by atoms with Gasteiger partial charge >= 0.3 is 12.1 Å². The molecule has 1 atom stereocenters. The van der Waals surface area contributed by atoms with E-state index in [0.29, 0.717) is 23.4 Å². The van der Waals surface area contributed by atoms with Crippen molar-refractivity contribution in [3.63, 3.8) is 0 Å². The summed E-state index contributed by atoms with van der Waals surface area (Å²) in [6.07, 6.45) is 1.42. The van der Waals surface area contributed by atoms with Crippen molar-refractivity contribution in [3.05, 3.63) is 34.9 Å². The van der Waals surface area contributed by atoms with Crippen molar-refractivity contribution in [2.24, 2.45) is 5.92 Å². The average molecular weight is 439 g/mol. The maximum absolute atomic E-state index is 13.0. The number of nitrogens with one attached hydrogen (secondary N) is 1. The molecule has 8 nitrogen and oxygen atoms in total. The minimum absolute atomic E-state index is 0.116. The highest BCUT2D eigenvalue weighted by Crippen LogP contribution is 2.42. The Kier molecular flexibility index (Phi) is 8.23. The van der Waals surface area contributed by atoms with Crippen LogP contribution in [0.25, 0.3) is 0 Å². The van der Waals surface area contributed by atoms with Crippen molar-refractivity contribution in [2.75, 3.05) is 20.4 Å². The van der Waals surface area contributed by atoms with Crippen LogP contribution in [0.1, 0.15) is 45.1 Å². The highest BCUT2D eigenvalue weighted by atomic mass is 35.5. The lowest BCUT2D eigenvalue weighted by Gasteiger charge is -2.43. The fraction of sp³-hybridized carbons (Fsp3) is 0.524. The maximum Gasteiger partial charge on any atom is 0.413 e. The zero-order chi connectivity index (χ0) is 22.3. The van der Waals surface area contributed by atoms with Gasteiger partial charge in [-0.3, -0.25) is 19.3 Å². The SMILES string of the molecule is CC(C)C(=O)NCC(=O)OCOC(=O)N(C)[C@]1(c2ccccc2Cl)CCCCC1=O. The third kappa shape index (κ3) is 5.30. The van der Waals surface area contributed by atoms with Crippen LogP contribution in [0.2, 0.25) is 5.02 Å². The fourth-order valence-corrected chi connectivity index (χ4v) is 3.73. The van der Waals surface area contributed by atoms with Gasteiger partial charge in [-0.2, -0.15) is 0 Å². The number of nitrogens with zero attached hydrogens (tertiary/aromatic N) is 1. The van der Waals surface area contributed by atoms with Crippen molar-refractivity contribution >= 4 is 35.4 Å². The van der Waals surface area contributed by atoms with Gasteiger partial charge in [0.05, 0.1) is 0 Å². The summed E-state index contributed by atoms with van der Waals surface area (Å²) in [7, 11) is 1.47. The lowest BCUT2D eigenvalue weighted by molar-refractivity contribution is -0.153. The van der Waals surface area contributed by atoms with E-state index in [1.54, 1.807) is 38.1 Å². The molecule has 1 aliphatic carbocycles. The van der Waals surface area contributed by atoms with E-state index in [-0.39, 0.29) is 24.2 Å². The van der Waals surface area contributed by atoms with E-state index in [0.717, 1.165) is 12.8 Å². The monoisotopic (exact) mass is 438 g/mol. The molecule has 0 radical (unpaired) electrons.